The van der Waals surface area contributed by atoms with Crippen molar-refractivity contribution in [2.24, 2.45) is 11.7 Å². The van der Waals surface area contributed by atoms with E-state index in [0.717, 1.165) is 36.4 Å². The van der Waals surface area contributed by atoms with E-state index in [2.05, 4.69) is 10.2 Å². The highest BCUT2D eigenvalue weighted by atomic mass is 32.2. The standard InChI is InChI=1S/C21H24N4O4S/c1-30-17-5-6-19(25(28)29)18(12-17)21(27)23-16-4-2-3-14(11-16)13-24-9-7-15(8-10-24)20(22)26/h2-6,11-12,15H,7-10,13H2,1H3,(H2,22,26)(H,23,27). The van der Waals surface area contributed by atoms with Crippen molar-refractivity contribution in [3.05, 3.63) is 63.7 Å². The molecule has 1 aliphatic heterocycles. The van der Waals surface area contributed by atoms with E-state index in [4.69, 9.17) is 5.73 Å². The van der Waals surface area contributed by atoms with Crippen molar-refractivity contribution in [1.29, 1.82) is 0 Å². The summed E-state index contributed by atoms with van der Waals surface area (Å²) in [6.07, 6.45) is 3.35. The summed E-state index contributed by atoms with van der Waals surface area (Å²) in [5, 5.41) is 14.1. The number of likely N-dealkylation sites (tertiary alicyclic amines) is 1. The number of nitrogens with two attached hydrogens (primary N) is 1. The lowest BCUT2D eigenvalue weighted by Crippen LogP contribution is -2.38. The smallest absolute Gasteiger partial charge is 0.282 e. The number of nitrogens with one attached hydrogen (secondary N) is 1. The van der Waals surface area contributed by atoms with Crippen LogP contribution in [0, 0.1) is 16.0 Å². The Labute approximate surface area is 179 Å². The van der Waals surface area contributed by atoms with Crippen LogP contribution in [0.2, 0.25) is 0 Å². The van der Waals surface area contributed by atoms with Crippen molar-refractivity contribution in [2.45, 2.75) is 24.3 Å². The molecule has 3 N–H and O–H groups in total. The molecule has 2 aromatic rings. The molecule has 1 heterocycles. The van der Waals surface area contributed by atoms with E-state index in [1.165, 1.54) is 23.9 Å². The molecule has 9 heteroatoms. The fraction of sp³-hybridized carbons (Fsp3) is 0.333. The van der Waals surface area contributed by atoms with E-state index in [0.29, 0.717) is 12.2 Å². The molecule has 0 atom stereocenters. The normalized spacial score (nSPS) is 15.0. The summed E-state index contributed by atoms with van der Waals surface area (Å²) in [7, 11) is 0. The van der Waals surface area contributed by atoms with Crippen LogP contribution in [0.4, 0.5) is 11.4 Å². The van der Waals surface area contributed by atoms with E-state index < -0.39 is 10.8 Å². The quantitative estimate of drug-likeness (QED) is 0.397. The number of thioether (sulfide) groups is 1. The lowest BCUT2D eigenvalue weighted by Gasteiger charge is -2.30. The Hall–Kier alpha value is -2.91. The number of amides is 2. The molecule has 0 bridgehead atoms. The molecule has 2 aromatic carbocycles. The lowest BCUT2D eigenvalue weighted by atomic mass is 9.96. The fourth-order valence-electron chi connectivity index (χ4n) is 3.56. The minimum Gasteiger partial charge on any atom is -0.369 e. The summed E-state index contributed by atoms with van der Waals surface area (Å²) in [4.78, 5) is 37.8. The SMILES string of the molecule is CSc1ccc([N+](=O)[O-])c(C(=O)Nc2cccc(CN3CCC(C(N)=O)CC3)c2)c1. The number of nitro groups is 1. The summed E-state index contributed by atoms with van der Waals surface area (Å²) in [6.45, 7) is 2.27. The van der Waals surface area contributed by atoms with Gasteiger partial charge < -0.3 is 11.1 Å². The van der Waals surface area contributed by atoms with Gasteiger partial charge in [0.1, 0.15) is 5.56 Å². The van der Waals surface area contributed by atoms with Crippen LogP contribution in [0.15, 0.2) is 47.4 Å². The number of rotatable bonds is 7. The second-order valence-electron chi connectivity index (χ2n) is 7.25. The van der Waals surface area contributed by atoms with Gasteiger partial charge in [-0.05, 0) is 62.0 Å². The number of nitrogens with zero attached hydrogens (tertiary/aromatic N) is 2. The second kappa shape index (κ2) is 9.73. The molecule has 0 aliphatic carbocycles. The van der Waals surface area contributed by atoms with E-state index >= 15 is 0 Å². The van der Waals surface area contributed by atoms with Crippen molar-refractivity contribution in [2.75, 3.05) is 24.7 Å². The Balaban J connectivity index is 1.69. The molecule has 3 rings (SSSR count). The fourth-order valence-corrected chi connectivity index (χ4v) is 4.00. The largest absolute Gasteiger partial charge is 0.369 e. The van der Waals surface area contributed by atoms with Crippen molar-refractivity contribution < 1.29 is 14.5 Å². The monoisotopic (exact) mass is 428 g/mol. The number of nitro benzene ring substituents is 1. The number of benzene rings is 2. The Kier molecular flexibility index (Phi) is 7.07. The van der Waals surface area contributed by atoms with Crippen molar-refractivity contribution in [1.82, 2.24) is 4.90 Å². The highest BCUT2D eigenvalue weighted by molar-refractivity contribution is 7.98. The van der Waals surface area contributed by atoms with Gasteiger partial charge in [0.2, 0.25) is 5.91 Å². The summed E-state index contributed by atoms with van der Waals surface area (Å²) < 4.78 is 0. The molecule has 0 unspecified atom stereocenters. The van der Waals surface area contributed by atoms with Crippen molar-refractivity contribution >= 4 is 35.0 Å². The van der Waals surface area contributed by atoms with Gasteiger partial charge in [0.25, 0.3) is 11.6 Å². The van der Waals surface area contributed by atoms with Crippen molar-refractivity contribution in [3.8, 4) is 0 Å². The number of carbonyl (C=O) groups excluding carboxylic acids is 2. The van der Waals surface area contributed by atoms with Crippen molar-refractivity contribution in [3.63, 3.8) is 0 Å². The number of carbonyl (C=O) groups is 2. The highest BCUT2D eigenvalue weighted by Crippen LogP contribution is 2.26. The third kappa shape index (κ3) is 5.37. The van der Waals surface area contributed by atoms with Crippen LogP contribution in [0.25, 0.3) is 0 Å². The molecule has 0 saturated carbocycles. The molecule has 0 aromatic heterocycles. The van der Waals surface area contributed by atoms with E-state index in [1.54, 1.807) is 12.1 Å². The average Bonchev–Trinajstić information content (AvgIpc) is 2.73. The molecule has 2 amide bonds. The molecular formula is C21H24N4O4S. The maximum Gasteiger partial charge on any atom is 0.282 e. The van der Waals surface area contributed by atoms with Gasteiger partial charge in [-0.25, -0.2) is 0 Å². The minimum atomic E-state index is -0.550. The number of anilines is 1. The Morgan fingerprint density at radius 1 is 1.23 bits per heavy atom. The molecule has 8 nitrogen and oxygen atoms in total. The Bertz CT molecular complexity index is 958. The number of hydrogen-bond donors (Lipinski definition) is 2. The lowest BCUT2D eigenvalue weighted by molar-refractivity contribution is -0.385. The third-order valence-electron chi connectivity index (χ3n) is 5.23. The van der Waals surface area contributed by atoms with Crippen LogP contribution < -0.4 is 11.1 Å². The number of piperidine rings is 1. The molecule has 158 valence electrons. The van der Waals surface area contributed by atoms with Crippen LogP contribution in [-0.4, -0.2) is 41.0 Å². The van der Waals surface area contributed by atoms with Gasteiger partial charge in [0.15, 0.2) is 0 Å². The first-order valence-corrected chi connectivity index (χ1v) is 10.8. The molecule has 1 fully saturated rings. The van der Waals surface area contributed by atoms with Gasteiger partial charge in [0.05, 0.1) is 4.92 Å². The zero-order valence-corrected chi connectivity index (χ0v) is 17.5. The number of hydrogen-bond acceptors (Lipinski definition) is 6. The summed E-state index contributed by atoms with van der Waals surface area (Å²) in [5.74, 6) is -0.810. The van der Waals surface area contributed by atoms with Gasteiger partial charge in [-0.2, -0.15) is 0 Å². The predicted octanol–water partition coefficient (Wildman–Crippen LogP) is 3.27. The maximum absolute atomic E-state index is 12.7. The molecule has 0 spiro atoms. The summed E-state index contributed by atoms with van der Waals surface area (Å²) in [6, 6.07) is 11.9. The first-order valence-electron chi connectivity index (χ1n) is 9.61. The maximum atomic E-state index is 12.7. The zero-order valence-electron chi connectivity index (χ0n) is 16.7. The minimum absolute atomic E-state index is 0.0331. The van der Waals surface area contributed by atoms with E-state index in [-0.39, 0.29) is 23.1 Å². The second-order valence-corrected chi connectivity index (χ2v) is 8.13. The molecular weight excluding hydrogens is 404 g/mol. The molecule has 0 radical (unpaired) electrons. The van der Waals surface area contributed by atoms with Crippen LogP contribution >= 0.6 is 11.8 Å². The van der Waals surface area contributed by atoms with Crippen LogP contribution in [0.3, 0.4) is 0 Å². The van der Waals surface area contributed by atoms with Gasteiger partial charge in [-0.1, -0.05) is 12.1 Å². The first kappa shape index (κ1) is 21.8. The van der Waals surface area contributed by atoms with Gasteiger partial charge in [-0.15, -0.1) is 11.8 Å². The highest BCUT2D eigenvalue weighted by Gasteiger charge is 2.23. The molecule has 30 heavy (non-hydrogen) atoms. The Morgan fingerprint density at radius 2 is 1.97 bits per heavy atom. The number of primary amides is 1. The van der Waals surface area contributed by atoms with Gasteiger partial charge in [-0.3, -0.25) is 24.6 Å². The average molecular weight is 429 g/mol. The van der Waals surface area contributed by atoms with Crippen LogP contribution in [0.5, 0.6) is 0 Å². The third-order valence-corrected chi connectivity index (χ3v) is 5.95. The van der Waals surface area contributed by atoms with E-state index in [9.17, 15) is 19.7 Å². The predicted molar refractivity (Wildman–Crippen MR) is 116 cm³/mol. The van der Waals surface area contributed by atoms with Crippen LogP contribution in [-0.2, 0) is 11.3 Å². The molecule has 1 saturated heterocycles. The first-order chi connectivity index (χ1) is 14.4. The van der Waals surface area contributed by atoms with Gasteiger partial charge in [0, 0.05) is 29.1 Å². The topological polar surface area (TPSA) is 119 Å². The zero-order chi connectivity index (χ0) is 21.7. The Morgan fingerprint density at radius 3 is 2.60 bits per heavy atom. The summed E-state index contributed by atoms with van der Waals surface area (Å²) >= 11 is 1.41. The molecule has 1 aliphatic rings. The van der Waals surface area contributed by atoms with E-state index in [1.807, 2.05) is 24.5 Å². The van der Waals surface area contributed by atoms with Gasteiger partial charge >= 0.3 is 0 Å². The summed E-state index contributed by atoms with van der Waals surface area (Å²) in [5.41, 5.74) is 6.78. The van der Waals surface area contributed by atoms with Crippen LogP contribution in [0.1, 0.15) is 28.8 Å².